The van der Waals surface area contributed by atoms with E-state index < -0.39 is 0 Å². The smallest absolute Gasteiger partial charge is 0.241 e. The van der Waals surface area contributed by atoms with Crippen LogP contribution in [0.15, 0.2) is 48.5 Å². The molecule has 2 aromatic carbocycles. The van der Waals surface area contributed by atoms with Crippen LogP contribution in [0.4, 0.5) is 11.4 Å². The number of amides is 1. The van der Waals surface area contributed by atoms with Crippen LogP contribution >= 0.6 is 0 Å². The second-order valence-corrected chi connectivity index (χ2v) is 6.23. The quantitative estimate of drug-likeness (QED) is 0.910. The van der Waals surface area contributed by atoms with Crippen LogP contribution < -0.4 is 15.0 Å². The van der Waals surface area contributed by atoms with E-state index in [1.165, 1.54) is 5.69 Å². The molecule has 1 amide bonds. The summed E-state index contributed by atoms with van der Waals surface area (Å²) in [6, 6.07) is 16.1. The number of para-hydroxylation sites is 1. The number of carbonyl (C=O) groups is 1. The predicted molar refractivity (Wildman–Crippen MR) is 101 cm³/mol. The van der Waals surface area contributed by atoms with Gasteiger partial charge in [-0.1, -0.05) is 18.2 Å². The van der Waals surface area contributed by atoms with Gasteiger partial charge in [0.2, 0.25) is 5.91 Å². The summed E-state index contributed by atoms with van der Waals surface area (Å²) in [5.74, 6) is 1.01. The van der Waals surface area contributed by atoms with Gasteiger partial charge < -0.3 is 19.9 Å². The number of aryl methyl sites for hydroxylation is 1. The molecule has 0 radical (unpaired) electrons. The van der Waals surface area contributed by atoms with E-state index in [-0.39, 0.29) is 5.91 Å². The van der Waals surface area contributed by atoms with Crippen molar-refractivity contribution in [1.29, 1.82) is 0 Å². The van der Waals surface area contributed by atoms with Crippen molar-refractivity contribution in [3.05, 3.63) is 54.1 Å². The molecule has 0 aromatic heterocycles. The second-order valence-electron chi connectivity index (χ2n) is 6.23. The molecule has 1 heterocycles. The molecule has 132 valence electrons. The Kier molecular flexibility index (Phi) is 5.43. The fourth-order valence-electron chi connectivity index (χ4n) is 3.06. The lowest BCUT2D eigenvalue weighted by Gasteiger charge is -2.36. The largest absolute Gasteiger partial charge is 0.497 e. The number of benzene rings is 2. The Morgan fingerprint density at radius 3 is 2.36 bits per heavy atom. The SMILES string of the molecule is COc1ccc(N2CCN(C(=O)CNc3ccccc3C)CC2)cc1. The highest BCUT2D eigenvalue weighted by atomic mass is 16.5. The van der Waals surface area contributed by atoms with Crippen LogP contribution in [-0.2, 0) is 4.79 Å². The number of carbonyl (C=O) groups excluding carboxylic acids is 1. The standard InChI is InChI=1S/C20H25N3O2/c1-16-5-3-4-6-19(16)21-15-20(24)23-13-11-22(12-14-23)17-7-9-18(25-2)10-8-17/h3-10,21H,11-15H2,1-2H3. The molecule has 1 saturated heterocycles. The average molecular weight is 339 g/mol. The summed E-state index contributed by atoms with van der Waals surface area (Å²) >= 11 is 0. The summed E-state index contributed by atoms with van der Waals surface area (Å²) < 4.78 is 5.20. The molecule has 1 N–H and O–H groups in total. The Bertz CT molecular complexity index is 707. The van der Waals surface area contributed by atoms with Gasteiger partial charge in [-0.3, -0.25) is 4.79 Å². The molecule has 5 nitrogen and oxygen atoms in total. The van der Waals surface area contributed by atoms with Gasteiger partial charge in [-0.2, -0.15) is 0 Å². The first-order chi connectivity index (χ1) is 12.2. The first-order valence-electron chi connectivity index (χ1n) is 8.63. The van der Waals surface area contributed by atoms with Gasteiger partial charge in [-0.15, -0.1) is 0 Å². The van der Waals surface area contributed by atoms with E-state index in [1.54, 1.807) is 7.11 Å². The highest BCUT2D eigenvalue weighted by Gasteiger charge is 2.21. The van der Waals surface area contributed by atoms with Gasteiger partial charge in [0.15, 0.2) is 0 Å². The predicted octanol–water partition coefficient (Wildman–Crippen LogP) is 2.76. The van der Waals surface area contributed by atoms with E-state index in [0.717, 1.165) is 43.2 Å². The third-order valence-corrected chi connectivity index (χ3v) is 4.65. The fourth-order valence-corrected chi connectivity index (χ4v) is 3.06. The Morgan fingerprint density at radius 2 is 1.72 bits per heavy atom. The molecule has 2 aromatic rings. The summed E-state index contributed by atoms with van der Waals surface area (Å²) in [7, 11) is 1.67. The maximum absolute atomic E-state index is 12.4. The summed E-state index contributed by atoms with van der Waals surface area (Å²) in [4.78, 5) is 16.7. The maximum atomic E-state index is 12.4. The number of piperazine rings is 1. The number of methoxy groups -OCH3 is 1. The molecule has 1 fully saturated rings. The fraction of sp³-hybridized carbons (Fsp3) is 0.350. The van der Waals surface area contributed by atoms with E-state index in [9.17, 15) is 4.79 Å². The van der Waals surface area contributed by atoms with Crippen LogP contribution in [0.5, 0.6) is 5.75 Å². The van der Waals surface area contributed by atoms with Crippen LogP contribution in [0.1, 0.15) is 5.56 Å². The topological polar surface area (TPSA) is 44.8 Å². The van der Waals surface area contributed by atoms with Crippen molar-refractivity contribution in [3.63, 3.8) is 0 Å². The van der Waals surface area contributed by atoms with Gasteiger partial charge in [-0.25, -0.2) is 0 Å². The first-order valence-corrected chi connectivity index (χ1v) is 8.63. The van der Waals surface area contributed by atoms with Crippen molar-refractivity contribution in [3.8, 4) is 5.75 Å². The zero-order chi connectivity index (χ0) is 17.6. The van der Waals surface area contributed by atoms with Crippen LogP contribution in [0.2, 0.25) is 0 Å². The highest BCUT2D eigenvalue weighted by Crippen LogP contribution is 2.20. The molecule has 1 aliphatic rings. The molecule has 0 aliphatic carbocycles. The monoisotopic (exact) mass is 339 g/mol. The van der Waals surface area contributed by atoms with E-state index in [0.29, 0.717) is 6.54 Å². The molecule has 0 saturated carbocycles. The Hall–Kier alpha value is -2.69. The van der Waals surface area contributed by atoms with Crippen molar-refractivity contribution in [2.75, 3.05) is 50.1 Å². The molecular weight excluding hydrogens is 314 g/mol. The second kappa shape index (κ2) is 7.92. The normalized spacial score (nSPS) is 14.3. The molecule has 0 atom stereocenters. The molecule has 25 heavy (non-hydrogen) atoms. The molecule has 0 unspecified atom stereocenters. The number of ether oxygens (including phenoxy) is 1. The van der Waals surface area contributed by atoms with Crippen molar-refractivity contribution in [2.24, 2.45) is 0 Å². The van der Waals surface area contributed by atoms with Crippen molar-refractivity contribution in [2.45, 2.75) is 6.92 Å². The van der Waals surface area contributed by atoms with Gasteiger partial charge in [0, 0.05) is 37.6 Å². The zero-order valence-corrected chi connectivity index (χ0v) is 14.9. The van der Waals surface area contributed by atoms with Gasteiger partial charge in [0.1, 0.15) is 5.75 Å². The van der Waals surface area contributed by atoms with E-state index in [2.05, 4.69) is 22.3 Å². The molecule has 3 rings (SSSR count). The number of hydrogen-bond acceptors (Lipinski definition) is 4. The molecule has 1 aliphatic heterocycles. The molecular formula is C20H25N3O2. The average Bonchev–Trinajstić information content (AvgIpc) is 2.67. The summed E-state index contributed by atoms with van der Waals surface area (Å²) in [6.45, 7) is 5.58. The van der Waals surface area contributed by atoms with Crippen molar-refractivity contribution in [1.82, 2.24) is 4.90 Å². The minimum atomic E-state index is 0.151. The van der Waals surface area contributed by atoms with E-state index in [4.69, 9.17) is 4.74 Å². The minimum absolute atomic E-state index is 0.151. The zero-order valence-electron chi connectivity index (χ0n) is 14.9. The third-order valence-electron chi connectivity index (χ3n) is 4.65. The molecule has 0 bridgehead atoms. The summed E-state index contributed by atoms with van der Waals surface area (Å²) in [5.41, 5.74) is 3.35. The molecule has 5 heteroatoms. The number of anilines is 2. The first kappa shape index (κ1) is 17.1. The lowest BCUT2D eigenvalue weighted by atomic mass is 10.2. The highest BCUT2D eigenvalue weighted by molar-refractivity contribution is 5.81. The number of nitrogens with one attached hydrogen (secondary N) is 1. The van der Waals surface area contributed by atoms with Crippen LogP contribution in [-0.4, -0.2) is 50.6 Å². The molecule has 0 spiro atoms. The Labute approximate surface area is 149 Å². The lowest BCUT2D eigenvalue weighted by Crippen LogP contribution is -2.50. The van der Waals surface area contributed by atoms with Crippen molar-refractivity contribution < 1.29 is 9.53 Å². The summed E-state index contributed by atoms with van der Waals surface area (Å²) in [6.07, 6.45) is 0. The minimum Gasteiger partial charge on any atom is -0.497 e. The summed E-state index contributed by atoms with van der Waals surface area (Å²) in [5, 5.41) is 3.25. The Balaban J connectivity index is 1.49. The van der Waals surface area contributed by atoms with Crippen LogP contribution in [0.25, 0.3) is 0 Å². The lowest BCUT2D eigenvalue weighted by molar-refractivity contribution is -0.129. The van der Waals surface area contributed by atoms with Gasteiger partial charge >= 0.3 is 0 Å². The van der Waals surface area contributed by atoms with Crippen LogP contribution in [0.3, 0.4) is 0 Å². The van der Waals surface area contributed by atoms with Gasteiger partial charge in [-0.05, 0) is 42.8 Å². The van der Waals surface area contributed by atoms with Crippen LogP contribution in [0, 0.1) is 6.92 Å². The van der Waals surface area contributed by atoms with Crippen molar-refractivity contribution >= 4 is 17.3 Å². The Morgan fingerprint density at radius 1 is 1.04 bits per heavy atom. The maximum Gasteiger partial charge on any atom is 0.241 e. The van der Waals surface area contributed by atoms with E-state index >= 15 is 0 Å². The van der Waals surface area contributed by atoms with E-state index in [1.807, 2.05) is 48.2 Å². The van der Waals surface area contributed by atoms with Gasteiger partial charge in [0.05, 0.1) is 13.7 Å². The number of nitrogens with zero attached hydrogens (tertiary/aromatic N) is 2. The van der Waals surface area contributed by atoms with Gasteiger partial charge in [0.25, 0.3) is 0 Å². The number of rotatable bonds is 5. The number of hydrogen-bond donors (Lipinski definition) is 1. The third kappa shape index (κ3) is 4.24.